The highest BCUT2D eigenvalue weighted by molar-refractivity contribution is 5.81. The number of ether oxygens (including phenoxy) is 1. The maximum absolute atomic E-state index is 12.9. The Morgan fingerprint density at radius 3 is 2.81 bits per heavy atom. The molecule has 5 heteroatoms. The van der Waals surface area contributed by atoms with E-state index in [1.54, 1.807) is 11.1 Å². The summed E-state index contributed by atoms with van der Waals surface area (Å²) in [5.41, 5.74) is 2.38. The molecule has 1 aliphatic rings. The molecule has 0 radical (unpaired) electrons. The van der Waals surface area contributed by atoms with Crippen LogP contribution < -0.4 is 4.74 Å². The minimum Gasteiger partial charge on any atom is -0.480 e. The second kappa shape index (κ2) is 7.66. The van der Waals surface area contributed by atoms with Crippen molar-refractivity contribution in [1.29, 1.82) is 0 Å². The number of amides is 1. The van der Waals surface area contributed by atoms with Gasteiger partial charge in [0.05, 0.1) is 6.54 Å². The number of aryl methyl sites for hydroxylation is 1. The fourth-order valence-corrected chi connectivity index (χ4v) is 3.45. The molecule has 1 amide bonds. The maximum Gasteiger partial charge on any atom is 0.263 e. The lowest BCUT2D eigenvalue weighted by molar-refractivity contribution is -0.138. The largest absolute Gasteiger partial charge is 0.480 e. The number of rotatable bonds is 5. The van der Waals surface area contributed by atoms with E-state index in [0.717, 1.165) is 24.5 Å². The van der Waals surface area contributed by atoms with Crippen LogP contribution in [-0.2, 0) is 24.3 Å². The van der Waals surface area contributed by atoms with Crippen molar-refractivity contribution in [3.8, 4) is 5.75 Å². The molecule has 4 rings (SSSR count). The van der Waals surface area contributed by atoms with E-state index in [-0.39, 0.29) is 5.91 Å². The zero-order valence-corrected chi connectivity index (χ0v) is 15.4. The summed E-state index contributed by atoms with van der Waals surface area (Å²) >= 11 is 0. The molecule has 5 nitrogen and oxygen atoms in total. The van der Waals surface area contributed by atoms with E-state index < -0.39 is 6.10 Å². The molecular weight excluding hydrogens is 338 g/mol. The Balaban J connectivity index is 1.42. The van der Waals surface area contributed by atoms with Crippen molar-refractivity contribution in [3.63, 3.8) is 0 Å². The Morgan fingerprint density at radius 2 is 1.96 bits per heavy atom. The zero-order valence-electron chi connectivity index (χ0n) is 15.4. The van der Waals surface area contributed by atoms with Gasteiger partial charge in [-0.25, -0.2) is 4.98 Å². The molecule has 0 aliphatic carbocycles. The van der Waals surface area contributed by atoms with Gasteiger partial charge in [-0.1, -0.05) is 48.5 Å². The van der Waals surface area contributed by atoms with Crippen LogP contribution in [0, 0.1) is 0 Å². The number of fused-ring (bicyclic) bond motifs is 1. The lowest BCUT2D eigenvalue weighted by Gasteiger charge is -2.28. The molecule has 2 aromatic carbocycles. The third-order valence-corrected chi connectivity index (χ3v) is 4.95. The Kier molecular flexibility index (Phi) is 4.92. The second-order valence-corrected chi connectivity index (χ2v) is 6.90. The van der Waals surface area contributed by atoms with E-state index in [4.69, 9.17) is 4.74 Å². The van der Waals surface area contributed by atoms with Crippen molar-refractivity contribution in [2.45, 2.75) is 32.0 Å². The number of nitrogens with zero attached hydrogens (tertiary/aromatic N) is 3. The minimum atomic E-state index is -0.428. The fraction of sp³-hybridized carbons (Fsp3) is 0.273. The molecule has 0 N–H and O–H groups in total. The van der Waals surface area contributed by atoms with Gasteiger partial charge in [0.1, 0.15) is 11.6 Å². The minimum absolute atomic E-state index is 0.00114. The average molecular weight is 361 g/mol. The molecular formula is C22H23N3O2. The molecule has 27 heavy (non-hydrogen) atoms. The van der Waals surface area contributed by atoms with Crippen LogP contribution in [-0.4, -0.2) is 33.5 Å². The molecule has 1 aliphatic heterocycles. The first kappa shape index (κ1) is 17.3. The molecule has 1 atom stereocenters. The number of para-hydroxylation sites is 1. The molecule has 2 heterocycles. The number of carbonyl (C=O) groups is 1. The van der Waals surface area contributed by atoms with Crippen LogP contribution >= 0.6 is 0 Å². The van der Waals surface area contributed by atoms with E-state index >= 15 is 0 Å². The van der Waals surface area contributed by atoms with Gasteiger partial charge < -0.3 is 14.2 Å². The molecule has 0 fully saturated rings. The van der Waals surface area contributed by atoms with E-state index in [0.29, 0.717) is 13.0 Å². The standard InChI is InChI=1S/C22H23N3O2/c1-24(22(26)20-12-11-18-9-5-6-10-19(18)27-20)16-21-23-13-14-25(21)15-17-7-3-2-4-8-17/h2-10,13-14,20H,11-12,15-16H2,1H3. The average Bonchev–Trinajstić information content (AvgIpc) is 3.14. The normalized spacial score (nSPS) is 15.7. The summed E-state index contributed by atoms with van der Waals surface area (Å²) in [6, 6.07) is 18.2. The van der Waals surface area contributed by atoms with Crippen molar-refractivity contribution in [2.75, 3.05) is 7.05 Å². The number of hydrogen-bond donors (Lipinski definition) is 0. The van der Waals surface area contributed by atoms with Gasteiger partial charge in [0.15, 0.2) is 6.10 Å². The second-order valence-electron chi connectivity index (χ2n) is 6.90. The maximum atomic E-state index is 12.9. The van der Waals surface area contributed by atoms with Crippen LogP contribution in [0.1, 0.15) is 23.4 Å². The Hall–Kier alpha value is -3.08. The lowest BCUT2D eigenvalue weighted by Crippen LogP contribution is -2.41. The van der Waals surface area contributed by atoms with Crippen LogP contribution in [0.15, 0.2) is 67.0 Å². The number of carbonyl (C=O) groups excluding carboxylic acids is 1. The molecule has 1 unspecified atom stereocenters. The van der Waals surface area contributed by atoms with Crippen molar-refractivity contribution < 1.29 is 9.53 Å². The first-order valence-electron chi connectivity index (χ1n) is 9.24. The summed E-state index contributed by atoms with van der Waals surface area (Å²) in [5, 5.41) is 0. The predicted molar refractivity (Wildman–Crippen MR) is 103 cm³/mol. The predicted octanol–water partition coefficient (Wildman–Crippen LogP) is 3.28. The summed E-state index contributed by atoms with van der Waals surface area (Å²) in [6.07, 6.45) is 4.88. The quantitative estimate of drug-likeness (QED) is 0.701. The lowest BCUT2D eigenvalue weighted by atomic mass is 10.0. The van der Waals surface area contributed by atoms with Gasteiger partial charge in [0, 0.05) is 26.0 Å². The van der Waals surface area contributed by atoms with Gasteiger partial charge in [-0.05, 0) is 30.0 Å². The van der Waals surface area contributed by atoms with E-state index in [9.17, 15) is 4.79 Å². The fourth-order valence-electron chi connectivity index (χ4n) is 3.45. The molecule has 0 saturated carbocycles. The number of hydrogen-bond acceptors (Lipinski definition) is 3. The van der Waals surface area contributed by atoms with Crippen LogP contribution in [0.5, 0.6) is 5.75 Å². The van der Waals surface area contributed by atoms with E-state index in [1.165, 1.54) is 11.1 Å². The summed E-state index contributed by atoms with van der Waals surface area (Å²) in [7, 11) is 1.81. The number of aromatic nitrogens is 2. The zero-order chi connectivity index (χ0) is 18.6. The highest BCUT2D eigenvalue weighted by Gasteiger charge is 2.28. The number of likely N-dealkylation sites (N-methyl/N-ethyl adjacent to an activating group) is 1. The van der Waals surface area contributed by atoms with Crippen LogP contribution in [0.2, 0.25) is 0 Å². The van der Waals surface area contributed by atoms with Crippen molar-refractivity contribution >= 4 is 5.91 Å². The first-order valence-corrected chi connectivity index (χ1v) is 9.24. The SMILES string of the molecule is CN(Cc1nccn1Cc1ccccc1)C(=O)C1CCc2ccccc2O1. The Labute approximate surface area is 159 Å². The highest BCUT2D eigenvalue weighted by Crippen LogP contribution is 2.27. The molecule has 138 valence electrons. The van der Waals surface area contributed by atoms with E-state index in [2.05, 4.69) is 27.8 Å². The summed E-state index contributed by atoms with van der Waals surface area (Å²) < 4.78 is 8.02. The molecule has 0 spiro atoms. The van der Waals surface area contributed by atoms with E-state index in [1.807, 2.05) is 49.6 Å². The highest BCUT2D eigenvalue weighted by atomic mass is 16.5. The van der Waals surface area contributed by atoms with Crippen LogP contribution in [0.25, 0.3) is 0 Å². The summed E-state index contributed by atoms with van der Waals surface area (Å²) in [6.45, 7) is 1.20. The number of imidazole rings is 1. The Bertz CT molecular complexity index is 920. The van der Waals surface area contributed by atoms with Crippen molar-refractivity contribution in [1.82, 2.24) is 14.5 Å². The smallest absolute Gasteiger partial charge is 0.263 e. The van der Waals surface area contributed by atoms with Gasteiger partial charge in [0.25, 0.3) is 5.91 Å². The van der Waals surface area contributed by atoms with Gasteiger partial charge in [-0.2, -0.15) is 0 Å². The van der Waals surface area contributed by atoms with Gasteiger partial charge in [0.2, 0.25) is 0 Å². The number of benzene rings is 2. The monoisotopic (exact) mass is 361 g/mol. The van der Waals surface area contributed by atoms with Gasteiger partial charge in [-0.15, -0.1) is 0 Å². The molecule has 3 aromatic rings. The van der Waals surface area contributed by atoms with Crippen molar-refractivity contribution in [2.24, 2.45) is 0 Å². The summed E-state index contributed by atoms with van der Waals surface area (Å²) in [4.78, 5) is 19.0. The first-order chi connectivity index (χ1) is 13.2. The van der Waals surface area contributed by atoms with Crippen LogP contribution in [0.4, 0.5) is 0 Å². The van der Waals surface area contributed by atoms with Crippen molar-refractivity contribution in [3.05, 3.63) is 83.9 Å². The molecule has 1 aromatic heterocycles. The summed E-state index contributed by atoms with van der Waals surface area (Å²) in [5.74, 6) is 1.69. The topological polar surface area (TPSA) is 47.4 Å². The molecule has 0 saturated heterocycles. The van der Waals surface area contributed by atoms with Gasteiger partial charge in [-0.3, -0.25) is 4.79 Å². The molecule has 0 bridgehead atoms. The van der Waals surface area contributed by atoms with Gasteiger partial charge >= 0.3 is 0 Å². The third-order valence-electron chi connectivity index (χ3n) is 4.95. The Morgan fingerprint density at radius 1 is 1.19 bits per heavy atom. The van der Waals surface area contributed by atoms with Crippen LogP contribution in [0.3, 0.4) is 0 Å². The third kappa shape index (κ3) is 3.87.